The first-order valence-electron chi connectivity index (χ1n) is 8.66. The van der Waals surface area contributed by atoms with Gasteiger partial charge < -0.3 is 4.90 Å². The van der Waals surface area contributed by atoms with Gasteiger partial charge in [0.2, 0.25) is 0 Å². The zero-order valence-electron chi connectivity index (χ0n) is 14.6. The van der Waals surface area contributed by atoms with E-state index in [4.69, 9.17) is 4.98 Å². The molecule has 0 N–H and O–H groups in total. The number of aromatic nitrogens is 4. The van der Waals surface area contributed by atoms with Crippen LogP contribution in [0.1, 0.15) is 58.2 Å². The second-order valence-electron chi connectivity index (χ2n) is 7.01. The van der Waals surface area contributed by atoms with E-state index in [9.17, 15) is 0 Å². The Morgan fingerprint density at radius 2 is 1.91 bits per heavy atom. The number of nitrogens with zero attached hydrogens (tertiary/aromatic N) is 5. The highest BCUT2D eigenvalue weighted by Gasteiger charge is 2.24. The predicted molar refractivity (Wildman–Crippen MR) is 92.3 cm³/mol. The lowest BCUT2D eigenvalue weighted by Crippen LogP contribution is -2.39. The van der Waals surface area contributed by atoms with Crippen LogP contribution in [-0.2, 0) is 0 Å². The third kappa shape index (κ3) is 3.44. The smallest absolute Gasteiger partial charge is 0.107 e. The van der Waals surface area contributed by atoms with Crippen LogP contribution >= 0.6 is 0 Å². The van der Waals surface area contributed by atoms with Crippen molar-refractivity contribution < 1.29 is 0 Å². The standard InChI is InChI=1S/C18H27N5/c1-13(2)22-9-5-6-15(12-22)16-10-20-17(11-19-16)18-7-8-21-23(18)14(3)4/h7-8,10-11,13-15H,5-6,9,12H2,1-4H3/t15-/m1/s1. The minimum atomic E-state index is 0.319. The van der Waals surface area contributed by atoms with E-state index < -0.39 is 0 Å². The number of rotatable bonds is 4. The summed E-state index contributed by atoms with van der Waals surface area (Å²) in [5.41, 5.74) is 3.05. The van der Waals surface area contributed by atoms with Gasteiger partial charge in [-0.15, -0.1) is 0 Å². The largest absolute Gasteiger partial charge is 0.300 e. The molecule has 5 nitrogen and oxygen atoms in total. The molecule has 23 heavy (non-hydrogen) atoms. The van der Waals surface area contributed by atoms with E-state index in [1.54, 1.807) is 0 Å². The van der Waals surface area contributed by atoms with Crippen LogP contribution in [0.4, 0.5) is 0 Å². The first-order valence-corrected chi connectivity index (χ1v) is 8.66. The maximum atomic E-state index is 4.72. The highest BCUT2D eigenvalue weighted by Crippen LogP contribution is 2.27. The Balaban J connectivity index is 1.78. The van der Waals surface area contributed by atoms with Crippen LogP contribution in [0.25, 0.3) is 11.4 Å². The summed E-state index contributed by atoms with van der Waals surface area (Å²) in [6, 6.07) is 2.93. The molecule has 2 aromatic heterocycles. The fraction of sp³-hybridized carbons (Fsp3) is 0.611. The number of piperidine rings is 1. The molecule has 124 valence electrons. The van der Waals surface area contributed by atoms with Crippen LogP contribution in [0.3, 0.4) is 0 Å². The van der Waals surface area contributed by atoms with Gasteiger partial charge in [0.15, 0.2) is 0 Å². The molecule has 0 aliphatic carbocycles. The van der Waals surface area contributed by atoms with Crippen LogP contribution in [0.5, 0.6) is 0 Å². The van der Waals surface area contributed by atoms with Crippen molar-refractivity contribution in [3.63, 3.8) is 0 Å². The van der Waals surface area contributed by atoms with Gasteiger partial charge in [0.25, 0.3) is 0 Å². The third-order valence-electron chi connectivity index (χ3n) is 4.70. The summed E-state index contributed by atoms with van der Waals surface area (Å²) >= 11 is 0. The van der Waals surface area contributed by atoms with Gasteiger partial charge in [-0.2, -0.15) is 5.10 Å². The molecule has 1 fully saturated rings. The van der Waals surface area contributed by atoms with Crippen molar-refractivity contribution in [1.29, 1.82) is 0 Å². The zero-order valence-corrected chi connectivity index (χ0v) is 14.6. The van der Waals surface area contributed by atoms with E-state index >= 15 is 0 Å². The first kappa shape index (κ1) is 16.1. The molecule has 1 aliphatic heterocycles. The van der Waals surface area contributed by atoms with E-state index in [1.165, 1.54) is 19.4 Å². The van der Waals surface area contributed by atoms with Crippen LogP contribution in [0.15, 0.2) is 24.7 Å². The lowest BCUT2D eigenvalue weighted by atomic mass is 9.94. The van der Waals surface area contributed by atoms with E-state index in [0.717, 1.165) is 23.6 Å². The molecule has 0 spiro atoms. The molecule has 0 unspecified atom stereocenters. The molecule has 1 saturated heterocycles. The Hall–Kier alpha value is -1.75. The Kier molecular flexibility index (Phi) is 4.76. The lowest BCUT2D eigenvalue weighted by molar-refractivity contribution is 0.166. The molecular formula is C18H27N5. The Morgan fingerprint density at radius 3 is 2.57 bits per heavy atom. The minimum Gasteiger partial charge on any atom is -0.300 e. The second kappa shape index (κ2) is 6.79. The van der Waals surface area contributed by atoms with Gasteiger partial charge in [0.05, 0.1) is 17.6 Å². The Morgan fingerprint density at radius 1 is 1.09 bits per heavy atom. The van der Waals surface area contributed by atoms with Crippen LogP contribution in [0, 0.1) is 0 Å². The van der Waals surface area contributed by atoms with Crippen molar-refractivity contribution in [1.82, 2.24) is 24.6 Å². The molecule has 2 aromatic rings. The Labute approximate surface area is 138 Å². The molecule has 3 rings (SSSR count). The van der Waals surface area contributed by atoms with Crippen LogP contribution < -0.4 is 0 Å². The third-order valence-corrected chi connectivity index (χ3v) is 4.70. The highest BCUT2D eigenvalue weighted by atomic mass is 15.3. The van der Waals surface area contributed by atoms with E-state index in [0.29, 0.717) is 18.0 Å². The average Bonchev–Trinajstić information content (AvgIpc) is 3.05. The number of hydrogen-bond donors (Lipinski definition) is 0. The van der Waals surface area contributed by atoms with Crippen LogP contribution in [0.2, 0.25) is 0 Å². The summed E-state index contributed by atoms with van der Waals surface area (Å²) in [5.74, 6) is 0.503. The van der Waals surface area contributed by atoms with Gasteiger partial charge >= 0.3 is 0 Å². The maximum absolute atomic E-state index is 4.72. The minimum absolute atomic E-state index is 0.319. The SMILES string of the molecule is CC(C)N1CCC[C@@H](c2cnc(-c3ccnn3C(C)C)cn2)C1. The predicted octanol–water partition coefficient (Wildman–Crippen LogP) is 3.51. The monoisotopic (exact) mass is 313 g/mol. The molecule has 1 atom stereocenters. The van der Waals surface area contributed by atoms with Gasteiger partial charge in [-0.05, 0) is 53.1 Å². The van der Waals surface area contributed by atoms with Crippen molar-refractivity contribution in [2.45, 2.75) is 58.5 Å². The molecule has 5 heteroatoms. The summed E-state index contributed by atoms with van der Waals surface area (Å²) < 4.78 is 1.99. The fourth-order valence-electron chi connectivity index (χ4n) is 3.33. The fourth-order valence-corrected chi connectivity index (χ4v) is 3.33. The molecule has 3 heterocycles. The summed E-state index contributed by atoms with van der Waals surface area (Å²) in [5, 5.41) is 4.38. The zero-order chi connectivity index (χ0) is 16.4. The molecule has 0 radical (unpaired) electrons. The quantitative estimate of drug-likeness (QED) is 0.866. The molecule has 0 saturated carbocycles. The van der Waals surface area contributed by atoms with E-state index in [1.807, 2.05) is 29.3 Å². The number of hydrogen-bond acceptors (Lipinski definition) is 4. The molecule has 1 aliphatic rings. The van der Waals surface area contributed by atoms with Gasteiger partial charge in [0, 0.05) is 36.9 Å². The van der Waals surface area contributed by atoms with Crippen molar-refractivity contribution in [3.8, 4) is 11.4 Å². The van der Waals surface area contributed by atoms with Gasteiger partial charge in [-0.25, -0.2) is 0 Å². The Bertz CT molecular complexity index is 629. The normalized spacial score (nSPS) is 19.7. The van der Waals surface area contributed by atoms with Crippen molar-refractivity contribution in [2.24, 2.45) is 0 Å². The maximum Gasteiger partial charge on any atom is 0.107 e. The van der Waals surface area contributed by atoms with Gasteiger partial charge in [0.1, 0.15) is 5.69 Å². The highest BCUT2D eigenvalue weighted by molar-refractivity contribution is 5.52. The van der Waals surface area contributed by atoms with Crippen LogP contribution in [-0.4, -0.2) is 43.8 Å². The lowest BCUT2D eigenvalue weighted by Gasteiger charge is -2.35. The topological polar surface area (TPSA) is 46.8 Å². The van der Waals surface area contributed by atoms with Crippen molar-refractivity contribution in [3.05, 3.63) is 30.4 Å². The van der Waals surface area contributed by atoms with Crippen molar-refractivity contribution >= 4 is 0 Å². The van der Waals surface area contributed by atoms with E-state index in [-0.39, 0.29) is 0 Å². The van der Waals surface area contributed by atoms with Gasteiger partial charge in [-0.3, -0.25) is 14.6 Å². The summed E-state index contributed by atoms with van der Waals surface area (Å²) in [4.78, 5) is 11.9. The summed E-state index contributed by atoms with van der Waals surface area (Å²) in [6.07, 6.45) is 8.14. The molecule has 0 aromatic carbocycles. The summed E-state index contributed by atoms with van der Waals surface area (Å²) in [7, 11) is 0. The first-order chi connectivity index (χ1) is 11.1. The van der Waals surface area contributed by atoms with E-state index in [2.05, 4.69) is 42.7 Å². The van der Waals surface area contributed by atoms with Gasteiger partial charge in [-0.1, -0.05) is 0 Å². The number of likely N-dealkylation sites (tertiary alicyclic amines) is 1. The second-order valence-corrected chi connectivity index (χ2v) is 7.01. The molecule has 0 amide bonds. The average molecular weight is 313 g/mol. The molecular weight excluding hydrogens is 286 g/mol. The molecule has 0 bridgehead atoms. The summed E-state index contributed by atoms with van der Waals surface area (Å²) in [6.45, 7) is 11.1. The van der Waals surface area contributed by atoms with Crippen molar-refractivity contribution in [2.75, 3.05) is 13.1 Å².